The largest absolute Gasteiger partial charge is 0.464 e. The molecule has 3 heteroatoms. The van der Waals surface area contributed by atoms with Crippen molar-refractivity contribution in [3.8, 4) is 0 Å². The Labute approximate surface area is 137 Å². The molecule has 0 bridgehead atoms. The molecule has 1 fully saturated rings. The summed E-state index contributed by atoms with van der Waals surface area (Å²) in [5, 5.41) is 4.36. The fourth-order valence-electron chi connectivity index (χ4n) is 4.16. The maximum absolute atomic E-state index is 12.4. The zero-order valence-electron chi connectivity index (χ0n) is 13.7. The van der Waals surface area contributed by atoms with Gasteiger partial charge in [0.25, 0.3) is 0 Å². The molecule has 23 heavy (non-hydrogen) atoms. The van der Waals surface area contributed by atoms with Crippen LogP contribution < -0.4 is 5.32 Å². The van der Waals surface area contributed by atoms with Crippen molar-refractivity contribution in [1.82, 2.24) is 5.32 Å². The molecule has 1 heterocycles. The topological polar surface area (TPSA) is 42.2 Å². The van der Waals surface area contributed by atoms with Gasteiger partial charge in [0.05, 0.1) is 12.7 Å². The highest BCUT2D eigenvalue weighted by Gasteiger charge is 2.18. The lowest BCUT2D eigenvalue weighted by Crippen LogP contribution is -2.35. The molecular formula is C20H25NO2. The quantitative estimate of drug-likeness (QED) is 0.859. The van der Waals surface area contributed by atoms with Crippen molar-refractivity contribution in [2.45, 2.75) is 70.3 Å². The number of rotatable bonds is 3. The fraction of sp³-hybridized carbons (Fsp3) is 0.550. The number of carbonyl (C=O) groups excluding carboxylic acids is 1. The minimum atomic E-state index is 0.139. The molecule has 2 aliphatic rings. The van der Waals surface area contributed by atoms with E-state index in [1.54, 1.807) is 6.26 Å². The van der Waals surface area contributed by atoms with Crippen molar-refractivity contribution in [2.75, 3.05) is 0 Å². The van der Waals surface area contributed by atoms with Crippen LogP contribution in [0.5, 0.6) is 0 Å². The third kappa shape index (κ3) is 3.15. The van der Waals surface area contributed by atoms with Gasteiger partial charge in [-0.3, -0.25) is 4.79 Å². The van der Waals surface area contributed by atoms with Gasteiger partial charge in [-0.2, -0.15) is 0 Å². The Bertz CT molecular complexity index is 708. The molecule has 0 unspecified atom stereocenters. The molecule has 1 saturated carbocycles. The molecule has 2 aromatic rings. The van der Waals surface area contributed by atoms with Gasteiger partial charge in [-0.1, -0.05) is 25.7 Å². The molecule has 1 aromatic carbocycles. The number of aryl methyl sites for hydroxylation is 2. The van der Waals surface area contributed by atoms with E-state index in [0.717, 1.165) is 42.2 Å². The lowest BCUT2D eigenvalue weighted by Gasteiger charge is -2.15. The minimum Gasteiger partial charge on any atom is -0.464 e. The highest BCUT2D eigenvalue weighted by atomic mass is 16.3. The van der Waals surface area contributed by atoms with Crippen LogP contribution in [0.3, 0.4) is 0 Å². The molecule has 122 valence electrons. The van der Waals surface area contributed by atoms with Crippen molar-refractivity contribution in [3.05, 3.63) is 35.1 Å². The second-order valence-electron chi connectivity index (χ2n) is 7.16. The number of fused-ring (bicyclic) bond motifs is 2. The van der Waals surface area contributed by atoms with Crippen molar-refractivity contribution in [1.29, 1.82) is 0 Å². The average Bonchev–Trinajstić information content (AvgIpc) is 3.06. The number of benzene rings is 1. The third-order valence-corrected chi connectivity index (χ3v) is 5.44. The lowest BCUT2D eigenvalue weighted by molar-refractivity contribution is -0.121. The summed E-state index contributed by atoms with van der Waals surface area (Å²) in [6.07, 6.45) is 13.1. The second kappa shape index (κ2) is 6.38. The van der Waals surface area contributed by atoms with E-state index < -0.39 is 0 Å². The lowest BCUT2D eigenvalue weighted by atomic mass is 10.0. The maximum Gasteiger partial charge on any atom is 0.224 e. The minimum absolute atomic E-state index is 0.139. The van der Waals surface area contributed by atoms with Gasteiger partial charge < -0.3 is 9.73 Å². The maximum atomic E-state index is 12.4. The first kappa shape index (κ1) is 14.8. The van der Waals surface area contributed by atoms with Crippen molar-refractivity contribution >= 4 is 16.9 Å². The summed E-state index contributed by atoms with van der Waals surface area (Å²) in [5.41, 5.74) is 4.81. The first-order chi connectivity index (χ1) is 11.3. The Hall–Kier alpha value is -1.77. The van der Waals surface area contributed by atoms with Gasteiger partial charge in [-0.25, -0.2) is 0 Å². The number of carbonyl (C=O) groups is 1. The van der Waals surface area contributed by atoms with E-state index in [9.17, 15) is 4.79 Å². The molecule has 0 atom stereocenters. The summed E-state index contributed by atoms with van der Waals surface area (Å²) in [4.78, 5) is 12.4. The second-order valence-corrected chi connectivity index (χ2v) is 7.16. The predicted octanol–water partition coefficient (Wildman–Crippen LogP) is 4.30. The Balaban J connectivity index is 1.47. The number of nitrogens with one attached hydrogen (secondary N) is 1. The molecule has 3 nitrogen and oxygen atoms in total. The summed E-state index contributed by atoms with van der Waals surface area (Å²) in [6, 6.07) is 4.78. The molecule has 1 N–H and O–H groups in total. The number of hydrogen-bond acceptors (Lipinski definition) is 2. The van der Waals surface area contributed by atoms with Gasteiger partial charge in [0.2, 0.25) is 5.91 Å². The summed E-state index contributed by atoms with van der Waals surface area (Å²) in [7, 11) is 0. The monoisotopic (exact) mass is 311 g/mol. The highest BCUT2D eigenvalue weighted by Crippen LogP contribution is 2.30. The molecule has 0 aliphatic heterocycles. The van der Waals surface area contributed by atoms with Gasteiger partial charge in [0.1, 0.15) is 5.58 Å². The van der Waals surface area contributed by atoms with E-state index in [2.05, 4.69) is 17.4 Å². The first-order valence-electron chi connectivity index (χ1n) is 9.11. The fourth-order valence-corrected chi connectivity index (χ4v) is 4.16. The molecule has 0 spiro atoms. The first-order valence-corrected chi connectivity index (χ1v) is 9.11. The van der Waals surface area contributed by atoms with E-state index in [4.69, 9.17) is 4.42 Å². The molecule has 2 aliphatic carbocycles. The number of amides is 1. The van der Waals surface area contributed by atoms with E-state index in [1.807, 2.05) is 0 Å². The average molecular weight is 311 g/mol. The number of furan rings is 1. The Morgan fingerprint density at radius 1 is 1.04 bits per heavy atom. The van der Waals surface area contributed by atoms with Crippen LogP contribution in [0.1, 0.15) is 61.6 Å². The predicted molar refractivity (Wildman–Crippen MR) is 91.6 cm³/mol. The van der Waals surface area contributed by atoms with Crippen LogP contribution in [0.25, 0.3) is 11.0 Å². The van der Waals surface area contributed by atoms with Crippen LogP contribution in [0, 0.1) is 0 Å². The summed E-state index contributed by atoms with van der Waals surface area (Å²) >= 11 is 0. The molecule has 0 radical (unpaired) electrons. The van der Waals surface area contributed by atoms with Gasteiger partial charge in [-0.15, -0.1) is 0 Å². The zero-order chi connectivity index (χ0) is 15.6. The smallest absolute Gasteiger partial charge is 0.224 e. The summed E-state index contributed by atoms with van der Waals surface area (Å²) in [5.74, 6) is 0.139. The van der Waals surface area contributed by atoms with E-state index in [-0.39, 0.29) is 5.91 Å². The van der Waals surface area contributed by atoms with Gasteiger partial charge >= 0.3 is 0 Å². The Morgan fingerprint density at radius 3 is 2.57 bits per heavy atom. The van der Waals surface area contributed by atoms with Crippen LogP contribution in [-0.4, -0.2) is 11.9 Å². The molecule has 1 aromatic heterocycles. The van der Waals surface area contributed by atoms with Gasteiger partial charge in [0, 0.05) is 17.0 Å². The van der Waals surface area contributed by atoms with Crippen molar-refractivity contribution < 1.29 is 9.21 Å². The standard InChI is InChI=1S/C20H25NO2/c22-20(21-17-8-3-1-2-4-9-17)12-16-13-23-19-11-15-7-5-6-14(15)10-18(16)19/h10-11,13,17H,1-9,12H2,(H,21,22). The van der Waals surface area contributed by atoms with Crippen LogP contribution in [0.4, 0.5) is 0 Å². The van der Waals surface area contributed by atoms with Crippen LogP contribution in [0.15, 0.2) is 22.8 Å². The molecule has 4 rings (SSSR count). The zero-order valence-corrected chi connectivity index (χ0v) is 13.7. The SMILES string of the molecule is O=C(Cc1coc2cc3c(cc12)CCC3)NC1CCCCCC1. The Kier molecular flexibility index (Phi) is 4.11. The Morgan fingerprint density at radius 2 is 1.78 bits per heavy atom. The third-order valence-electron chi connectivity index (χ3n) is 5.44. The van der Waals surface area contributed by atoms with E-state index >= 15 is 0 Å². The molecular weight excluding hydrogens is 286 g/mol. The summed E-state index contributed by atoms with van der Waals surface area (Å²) < 4.78 is 5.71. The summed E-state index contributed by atoms with van der Waals surface area (Å²) in [6.45, 7) is 0. The van der Waals surface area contributed by atoms with Gasteiger partial charge in [0.15, 0.2) is 0 Å². The number of hydrogen-bond donors (Lipinski definition) is 1. The van der Waals surface area contributed by atoms with Crippen LogP contribution in [0.2, 0.25) is 0 Å². The van der Waals surface area contributed by atoms with E-state index in [1.165, 1.54) is 43.2 Å². The highest BCUT2D eigenvalue weighted by molar-refractivity contribution is 5.88. The normalized spacial score (nSPS) is 18.8. The van der Waals surface area contributed by atoms with Crippen molar-refractivity contribution in [3.63, 3.8) is 0 Å². The molecule has 1 amide bonds. The van der Waals surface area contributed by atoms with Crippen LogP contribution >= 0.6 is 0 Å². The van der Waals surface area contributed by atoms with Crippen molar-refractivity contribution in [2.24, 2.45) is 0 Å². The van der Waals surface area contributed by atoms with Crippen LogP contribution in [-0.2, 0) is 24.1 Å². The van der Waals surface area contributed by atoms with E-state index in [0.29, 0.717) is 12.5 Å². The molecule has 0 saturated heterocycles. The van der Waals surface area contributed by atoms with Gasteiger partial charge in [-0.05, 0) is 55.4 Å².